The first-order valence-electron chi connectivity index (χ1n) is 5.19. The van der Waals surface area contributed by atoms with Gasteiger partial charge in [0.2, 0.25) is 0 Å². The third kappa shape index (κ3) is 8.70. The summed E-state index contributed by atoms with van der Waals surface area (Å²) in [5.41, 5.74) is 0. The maximum Gasteiger partial charge on any atom is 0.469 e. The van der Waals surface area contributed by atoms with Gasteiger partial charge < -0.3 is 9.79 Å². The van der Waals surface area contributed by atoms with Crippen molar-refractivity contribution in [1.82, 2.24) is 0 Å². The molecule has 0 fully saturated rings. The number of unbranched alkanes of at least 4 members (excludes halogenated alkanes) is 1. The van der Waals surface area contributed by atoms with Crippen molar-refractivity contribution in [3.63, 3.8) is 0 Å². The van der Waals surface area contributed by atoms with E-state index in [1.54, 1.807) is 0 Å². The SMILES string of the molecule is CCCCC(CC)CCOP(=O)(O)O. The van der Waals surface area contributed by atoms with Crippen LogP contribution >= 0.6 is 7.82 Å². The zero-order chi connectivity index (χ0) is 11.0. The van der Waals surface area contributed by atoms with Gasteiger partial charge >= 0.3 is 7.82 Å². The van der Waals surface area contributed by atoms with Crippen LogP contribution in [0.15, 0.2) is 0 Å². The molecule has 0 spiro atoms. The Morgan fingerprint density at radius 1 is 1.29 bits per heavy atom. The monoisotopic (exact) mass is 224 g/mol. The Morgan fingerprint density at radius 2 is 1.93 bits per heavy atom. The van der Waals surface area contributed by atoms with Crippen LogP contribution in [0, 0.1) is 5.92 Å². The van der Waals surface area contributed by atoms with Gasteiger partial charge in [-0.2, -0.15) is 0 Å². The lowest BCUT2D eigenvalue weighted by Crippen LogP contribution is -2.03. The average Bonchev–Trinajstić information content (AvgIpc) is 2.09. The summed E-state index contributed by atoms with van der Waals surface area (Å²) in [4.78, 5) is 16.9. The van der Waals surface area contributed by atoms with Crippen LogP contribution in [-0.2, 0) is 9.09 Å². The molecule has 0 amide bonds. The van der Waals surface area contributed by atoms with E-state index in [0.717, 1.165) is 25.7 Å². The molecule has 1 atom stereocenters. The molecule has 0 saturated carbocycles. The molecule has 0 radical (unpaired) electrons. The lowest BCUT2D eigenvalue weighted by Gasteiger charge is -2.14. The van der Waals surface area contributed by atoms with E-state index in [9.17, 15) is 4.57 Å². The fourth-order valence-electron chi connectivity index (χ4n) is 1.38. The van der Waals surface area contributed by atoms with Gasteiger partial charge in [-0.25, -0.2) is 4.57 Å². The second kappa shape index (κ2) is 7.41. The highest BCUT2D eigenvalue weighted by atomic mass is 31.2. The molecule has 14 heavy (non-hydrogen) atoms. The van der Waals surface area contributed by atoms with Crippen molar-refractivity contribution >= 4 is 7.82 Å². The van der Waals surface area contributed by atoms with Crippen molar-refractivity contribution in [3.05, 3.63) is 0 Å². The first-order valence-corrected chi connectivity index (χ1v) is 6.72. The molecular formula is C9H21O4P. The van der Waals surface area contributed by atoms with Crippen molar-refractivity contribution in [2.75, 3.05) is 6.61 Å². The molecule has 5 heteroatoms. The van der Waals surface area contributed by atoms with Crippen LogP contribution in [0.5, 0.6) is 0 Å². The van der Waals surface area contributed by atoms with Crippen LogP contribution in [0.25, 0.3) is 0 Å². The predicted octanol–water partition coefficient (Wildman–Crippen LogP) is 2.70. The third-order valence-electron chi connectivity index (χ3n) is 2.33. The maximum absolute atomic E-state index is 10.4. The van der Waals surface area contributed by atoms with Gasteiger partial charge in [0, 0.05) is 0 Å². The van der Waals surface area contributed by atoms with Gasteiger partial charge in [-0.15, -0.1) is 0 Å². The maximum atomic E-state index is 10.4. The van der Waals surface area contributed by atoms with E-state index in [1.165, 1.54) is 6.42 Å². The lowest BCUT2D eigenvalue weighted by molar-refractivity contribution is 0.181. The van der Waals surface area contributed by atoms with Gasteiger partial charge in [-0.3, -0.25) is 4.52 Å². The van der Waals surface area contributed by atoms with Crippen molar-refractivity contribution in [3.8, 4) is 0 Å². The van der Waals surface area contributed by atoms with Crippen LogP contribution in [0.3, 0.4) is 0 Å². The molecule has 0 aliphatic heterocycles. The van der Waals surface area contributed by atoms with Gasteiger partial charge in [0.05, 0.1) is 6.61 Å². The number of phosphoric ester groups is 1. The summed E-state index contributed by atoms with van der Waals surface area (Å²) >= 11 is 0. The Labute approximate surface area is 85.9 Å². The van der Waals surface area contributed by atoms with E-state index in [4.69, 9.17) is 9.79 Å². The minimum absolute atomic E-state index is 0.159. The molecule has 0 heterocycles. The average molecular weight is 224 g/mol. The summed E-state index contributed by atoms with van der Waals surface area (Å²) in [7, 11) is -4.26. The topological polar surface area (TPSA) is 66.8 Å². The van der Waals surface area contributed by atoms with Crippen molar-refractivity contribution < 1.29 is 18.9 Å². The zero-order valence-electron chi connectivity index (χ0n) is 8.98. The number of rotatable bonds is 8. The number of phosphoric acid groups is 1. The van der Waals surface area contributed by atoms with E-state index < -0.39 is 7.82 Å². The van der Waals surface area contributed by atoms with Gasteiger partial charge in [0.15, 0.2) is 0 Å². The summed E-state index contributed by atoms with van der Waals surface area (Å²) < 4.78 is 14.8. The van der Waals surface area contributed by atoms with E-state index in [0.29, 0.717) is 5.92 Å². The molecule has 1 unspecified atom stereocenters. The molecule has 0 aromatic heterocycles. The molecule has 0 saturated heterocycles. The Bertz CT molecular complexity index is 178. The quantitative estimate of drug-likeness (QED) is 0.622. The predicted molar refractivity (Wildman–Crippen MR) is 55.9 cm³/mol. The second-order valence-electron chi connectivity index (χ2n) is 3.53. The van der Waals surface area contributed by atoms with E-state index in [1.807, 2.05) is 0 Å². The summed E-state index contributed by atoms with van der Waals surface area (Å²) in [6, 6.07) is 0. The molecule has 0 bridgehead atoms. The smallest absolute Gasteiger partial charge is 0.303 e. The van der Waals surface area contributed by atoms with E-state index >= 15 is 0 Å². The number of hydrogen-bond acceptors (Lipinski definition) is 2. The van der Waals surface area contributed by atoms with Gasteiger partial charge in [-0.1, -0.05) is 39.5 Å². The van der Waals surface area contributed by atoms with Crippen molar-refractivity contribution in [1.29, 1.82) is 0 Å². The first-order chi connectivity index (χ1) is 6.49. The highest BCUT2D eigenvalue weighted by Crippen LogP contribution is 2.36. The summed E-state index contributed by atoms with van der Waals surface area (Å²) in [6.45, 7) is 4.39. The summed E-state index contributed by atoms with van der Waals surface area (Å²) in [5, 5.41) is 0. The molecule has 0 rings (SSSR count). The second-order valence-corrected chi connectivity index (χ2v) is 4.77. The van der Waals surface area contributed by atoms with Crippen LogP contribution < -0.4 is 0 Å². The van der Waals surface area contributed by atoms with E-state index in [-0.39, 0.29) is 6.61 Å². The normalized spacial score (nSPS) is 14.3. The molecule has 4 nitrogen and oxygen atoms in total. The van der Waals surface area contributed by atoms with Crippen LogP contribution in [0.4, 0.5) is 0 Å². The molecule has 2 N–H and O–H groups in total. The molecule has 86 valence electrons. The van der Waals surface area contributed by atoms with Crippen LogP contribution in [0.2, 0.25) is 0 Å². The first kappa shape index (κ1) is 14.1. The van der Waals surface area contributed by atoms with Crippen LogP contribution in [-0.4, -0.2) is 16.4 Å². The molecule has 0 aromatic carbocycles. The minimum Gasteiger partial charge on any atom is -0.303 e. The Hall–Kier alpha value is 0.110. The number of hydrogen-bond donors (Lipinski definition) is 2. The van der Waals surface area contributed by atoms with Crippen molar-refractivity contribution in [2.45, 2.75) is 46.0 Å². The standard InChI is InChI=1S/C9H21O4P/c1-3-5-6-9(4-2)7-8-13-14(10,11)12/h9H,3-8H2,1-2H3,(H2,10,11,12). The minimum atomic E-state index is -4.26. The van der Waals surface area contributed by atoms with Crippen LogP contribution in [0.1, 0.15) is 46.0 Å². The van der Waals surface area contributed by atoms with Crippen molar-refractivity contribution in [2.24, 2.45) is 5.92 Å². The lowest BCUT2D eigenvalue weighted by atomic mass is 9.96. The summed E-state index contributed by atoms with van der Waals surface area (Å²) in [6.07, 6.45) is 5.24. The van der Waals surface area contributed by atoms with E-state index in [2.05, 4.69) is 18.4 Å². The third-order valence-corrected chi connectivity index (χ3v) is 2.85. The molecule has 0 aliphatic rings. The fourth-order valence-corrected chi connectivity index (χ4v) is 1.73. The van der Waals surface area contributed by atoms with Gasteiger partial charge in [-0.05, 0) is 12.3 Å². The highest BCUT2D eigenvalue weighted by molar-refractivity contribution is 7.46. The Morgan fingerprint density at radius 3 is 2.36 bits per heavy atom. The zero-order valence-corrected chi connectivity index (χ0v) is 9.87. The summed E-state index contributed by atoms with van der Waals surface area (Å²) in [5.74, 6) is 0.529. The molecule has 0 aliphatic carbocycles. The van der Waals surface area contributed by atoms with Gasteiger partial charge in [0.25, 0.3) is 0 Å². The Kier molecular flexibility index (Phi) is 7.47. The van der Waals surface area contributed by atoms with Gasteiger partial charge in [0.1, 0.15) is 0 Å². The molecular weight excluding hydrogens is 203 g/mol. The Balaban J connectivity index is 3.57. The largest absolute Gasteiger partial charge is 0.469 e. The molecule has 0 aromatic rings. The fraction of sp³-hybridized carbons (Fsp3) is 1.00. The highest BCUT2D eigenvalue weighted by Gasteiger charge is 2.14.